The number of nitrogens with one attached hydrogen (secondary N) is 2. The summed E-state index contributed by atoms with van der Waals surface area (Å²) in [7, 11) is 2.94. The summed E-state index contributed by atoms with van der Waals surface area (Å²) in [5, 5.41) is 5.52. The highest BCUT2D eigenvalue weighted by Crippen LogP contribution is 2.20. The number of carbonyl (C=O) groups is 6. The van der Waals surface area contributed by atoms with E-state index in [-0.39, 0.29) is 87.4 Å². The fourth-order valence-electron chi connectivity index (χ4n) is 4.43. The molecular formula is C21H31N5O7. The Balaban J connectivity index is 1.34. The maximum Gasteiger partial charge on any atom is 0.310 e. The Kier molecular flexibility index (Phi) is 7.88. The number of nitrogens with zero attached hydrogens (tertiary/aromatic N) is 3. The van der Waals surface area contributed by atoms with Crippen molar-refractivity contribution in [2.24, 2.45) is 17.8 Å². The molecule has 0 radical (unpaired) electrons. The number of hydrogen-bond acceptors (Lipinski definition) is 7. The Labute approximate surface area is 191 Å². The molecule has 3 aliphatic rings. The van der Waals surface area contributed by atoms with E-state index in [2.05, 4.69) is 15.4 Å². The summed E-state index contributed by atoms with van der Waals surface area (Å²) < 4.78 is 4.67. The van der Waals surface area contributed by atoms with Gasteiger partial charge in [0.1, 0.15) is 0 Å². The molecule has 3 aliphatic heterocycles. The summed E-state index contributed by atoms with van der Waals surface area (Å²) in [6.45, 7) is 1.99. The van der Waals surface area contributed by atoms with Gasteiger partial charge < -0.3 is 30.1 Å². The van der Waals surface area contributed by atoms with Crippen LogP contribution in [0, 0.1) is 17.8 Å². The van der Waals surface area contributed by atoms with E-state index >= 15 is 0 Å². The Bertz CT molecular complexity index is 832. The lowest BCUT2D eigenvalue weighted by molar-refractivity contribution is -0.145. The molecule has 0 aromatic carbocycles. The first-order chi connectivity index (χ1) is 15.7. The molecule has 3 saturated heterocycles. The molecule has 0 spiro atoms. The Morgan fingerprint density at radius 3 is 1.73 bits per heavy atom. The highest BCUT2D eigenvalue weighted by molar-refractivity contribution is 5.90. The maximum absolute atomic E-state index is 12.5. The van der Waals surface area contributed by atoms with Crippen LogP contribution in [0.3, 0.4) is 0 Å². The van der Waals surface area contributed by atoms with Gasteiger partial charge in [0.2, 0.25) is 29.5 Å². The van der Waals surface area contributed by atoms with E-state index in [1.54, 1.807) is 11.9 Å². The van der Waals surface area contributed by atoms with Crippen molar-refractivity contribution in [2.75, 3.05) is 60.0 Å². The van der Waals surface area contributed by atoms with Crippen molar-refractivity contribution < 1.29 is 33.5 Å². The van der Waals surface area contributed by atoms with Gasteiger partial charge in [-0.05, 0) is 0 Å². The zero-order valence-electron chi connectivity index (χ0n) is 19.0. The van der Waals surface area contributed by atoms with Gasteiger partial charge in [0.05, 0.1) is 24.9 Å². The number of rotatable bonds is 9. The van der Waals surface area contributed by atoms with E-state index in [1.807, 2.05) is 0 Å². The smallest absolute Gasteiger partial charge is 0.310 e. The summed E-state index contributed by atoms with van der Waals surface area (Å²) in [5.41, 5.74) is 0. The molecule has 12 heteroatoms. The minimum absolute atomic E-state index is 0.0592. The van der Waals surface area contributed by atoms with Crippen molar-refractivity contribution in [2.45, 2.75) is 19.3 Å². The molecule has 0 aromatic heterocycles. The van der Waals surface area contributed by atoms with E-state index in [0.29, 0.717) is 13.1 Å². The number of esters is 1. The van der Waals surface area contributed by atoms with Crippen LogP contribution in [-0.4, -0.2) is 110 Å². The number of methoxy groups -OCH3 is 1. The highest BCUT2D eigenvalue weighted by atomic mass is 16.5. The van der Waals surface area contributed by atoms with Gasteiger partial charge in [-0.15, -0.1) is 0 Å². The topological polar surface area (TPSA) is 145 Å². The summed E-state index contributed by atoms with van der Waals surface area (Å²) in [6, 6.07) is 0. The molecule has 12 nitrogen and oxygen atoms in total. The monoisotopic (exact) mass is 465 g/mol. The first kappa shape index (κ1) is 24.5. The molecule has 182 valence electrons. The molecule has 0 saturated carbocycles. The predicted octanol–water partition coefficient (Wildman–Crippen LogP) is -2.43. The lowest BCUT2D eigenvalue weighted by Gasteiger charge is -2.19. The third kappa shape index (κ3) is 5.99. The van der Waals surface area contributed by atoms with Crippen molar-refractivity contribution in [3.63, 3.8) is 0 Å². The highest BCUT2D eigenvalue weighted by Gasteiger charge is 2.36. The van der Waals surface area contributed by atoms with Crippen molar-refractivity contribution in [3.05, 3.63) is 0 Å². The van der Waals surface area contributed by atoms with Crippen molar-refractivity contribution in [1.29, 1.82) is 0 Å². The molecule has 3 fully saturated rings. The average molecular weight is 466 g/mol. The van der Waals surface area contributed by atoms with Crippen LogP contribution in [0.1, 0.15) is 19.3 Å². The van der Waals surface area contributed by atoms with Gasteiger partial charge in [0.25, 0.3) is 0 Å². The molecule has 3 rings (SSSR count). The van der Waals surface area contributed by atoms with Gasteiger partial charge in [-0.25, -0.2) is 0 Å². The largest absolute Gasteiger partial charge is 0.469 e. The second kappa shape index (κ2) is 10.6. The van der Waals surface area contributed by atoms with E-state index in [9.17, 15) is 28.8 Å². The summed E-state index contributed by atoms with van der Waals surface area (Å²) >= 11 is 0. The second-order valence-corrected chi connectivity index (χ2v) is 8.76. The molecule has 3 unspecified atom stereocenters. The standard InChI is InChI=1S/C21H31N5O7/c1-24-10-13(7-16(24)27)19(30)22-3-5-25-11-14(8-17(25)28)20(31)23-4-6-26-12-15(9-18(26)29)21(32)33-2/h13-15H,3-12H2,1-2H3,(H,22,30)(H,23,31). The number of hydrogen-bond donors (Lipinski definition) is 2. The predicted molar refractivity (Wildman–Crippen MR) is 113 cm³/mol. The minimum atomic E-state index is -0.494. The molecule has 0 bridgehead atoms. The normalized spacial score (nSPS) is 25.1. The molecule has 2 N–H and O–H groups in total. The van der Waals surface area contributed by atoms with Crippen molar-refractivity contribution >= 4 is 35.5 Å². The van der Waals surface area contributed by atoms with Gasteiger partial charge >= 0.3 is 5.97 Å². The van der Waals surface area contributed by atoms with Crippen LogP contribution in [-0.2, 0) is 33.5 Å². The number of amides is 5. The average Bonchev–Trinajstić information content (AvgIpc) is 3.45. The van der Waals surface area contributed by atoms with E-state index in [4.69, 9.17) is 0 Å². The van der Waals surface area contributed by atoms with Crippen molar-refractivity contribution in [1.82, 2.24) is 25.3 Å². The van der Waals surface area contributed by atoms with E-state index in [1.165, 1.54) is 16.9 Å². The van der Waals surface area contributed by atoms with Crippen LogP contribution in [0.25, 0.3) is 0 Å². The zero-order chi connectivity index (χ0) is 24.1. The minimum Gasteiger partial charge on any atom is -0.469 e. The summed E-state index contributed by atoms with van der Waals surface area (Å²) in [4.78, 5) is 76.6. The zero-order valence-corrected chi connectivity index (χ0v) is 19.0. The summed E-state index contributed by atoms with van der Waals surface area (Å²) in [5.74, 6) is -2.61. The number of likely N-dealkylation sites (tertiary alicyclic amines) is 3. The van der Waals surface area contributed by atoms with Crippen LogP contribution in [0.5, 0.6) is 0 Å². The lowest BCUT2D eigenvalue weighted by atomic mass is 10.1. The molecule has 3 atom stereocenters. The third-order valence-corrected chi connectivity index (χ3v) is 6.41. The van der Waals surface area contributed by atoms with Crippen LogP contribution in [0.4, 0.5) is 0 Å². The first-order valence-corrected chi connectivity index (χ1v) is 11.1. The molecular weight excluding hydrogens is 434 g/mol. The third-order valence-electron chi connectivity index (χ3n) is 6.41. The Hall–Kier alpha value is -3.18. The molecule has 3 heterocycles. The van der Waals surface area contributed by atoms with Gasteiger partial charge in [0.15, 0.2) is 0 Å². The van der Waals surface area contributed by atoms with Gasteiger partial charge in [0, 0.05) is 72.1 Å². The number of ether oxygens (including phenoxy) is 1. The van der Waals surface area contributed by atoms with E-state index < -0.39 is 17.8 Å². The SMILES string of the molecule is COC(=O)C1CC(=O)N(CCNC(=O)C2CC(=O)N(CCNC(=O)C3CC(=O)N(C)C3)C2)C1. The molecule has 0 aliphatic carbocycles. The Morgan fingerprint density at radius 1 is 0.788 bits per heavy atom. The lowest BCUT2D eigenvalue weighted by Crippen LogP contribution is -2.40. The molecule has 33 heavy (non-hydrogen) atoms. The quantitative estimate of drug-likeness (QED) is 0.360. The van der Waals surface area contributed by atoms with Gasteiger partial charge in [-0.3, -0.25) is 28.8 Å². The van der Waals surface area contributed by atoms with Crippen LogP contribution < -0.4 is 10.6 Å². The molecule has 0 aromatic rings. The van der Waals surface area contributed by atoms with Crippen LogP contribution >= 0.6 is 0 Å². The second-order valence-electron chi connectivity index (χ2n) is 8.76. The fourth-order valence-corrected chi connectivity index (χ4v) is 4.43. The Morgan fingerprint density at radius 2 is 1.24 bits per heavy atom. The van der Waals surface area contributed by atoms with E-state index in [0.717, 1.165) is 0 Å². The van der Waals surface area contributed by atoms with Crippen molar-refractivity contribution in [3.8, 4) is 0 Å². The van der Waals surface area contributed by atoms with Gasteiger partial charge in [-0.2, -0.15) is 0 Å². The fraction of sp³-hybridized carbons (Fsp3) is 0.714. The van der Waals surface area contributed by atoms with Crippen LogP contribution in [0.2, 0.25) is 0 Å². The first-order valence-electron chi connectivity index (χ1n) is 11.1. The molecule has 5 amide bonds. The number of carbonyl (C=O) groups excluding carboxylic acids is 6. The maximum atomic E-state index is 12.5. The van der Waals surface area contributed by atoms with Crippen LogP contribution in [0.15, 0.2) is 0 Å². The van der Waals surface area contributed by atoms with Gasteiger partial charge in [-0.1, -0.05) is 0 Å². The summed E-state index contributed by atoms with van der Waals surface area (Å²) in [6.07, 6.45) is 0.394.